The summed E-state index contributed by atoms with van der Waals surface area (Å²) >= 11 is 1.70. The molecule has 4 heteroatoms. The Balaban J connectivity index is 2.30. The molecule has 2 aromatic rings. The van der Waals surface area contributed by atoms with Crippen LogP contribution in [0.25, 0.3) is 10.6 Å². The Bertz CT molecular complexity index is 479. The Hall–Kier alpha value is -1.26. The van der Waals surface area contributed by atoms with Crippen molar-refractivity contribution < 1.29 is 0 Å². The smallest absolute Gasteiger partial charge is 0.129 e. The molecule has 0 fully saturated rings. The van der Waals surface area contributed by atoms with Gasteiger partial charge < -0.3 is 5.73 Å². The highest BCUT2D eigenvalue weighted by Crippen LogP contribution is 2.23. The second kappa shape index (κ2) is 5.38. The molecule has 0 saturated carbocycles. The summed E-state index contributed by atoms with van der Waals surface area (Å²) < 4.78 is 0. The Kier molecular flexibility index (Phi) is 3.86. The molecular formula is C13H17N3S. The molecule has 0 bridgehead atoms. The molecule has 2 N–H and O–H groups in total. The van der Waals surface area contributed by atoms with Crippen molar-refractivity contribution in [1.29, 1.82) is 0 Å². The van der Waals surface area contributed by atoms with Crippen LogP contribution in [0.15, 0.2) is 23.6 Å². The van der Waals surface area contributed by atoms with Crippen LogP contribution in [0.4, 0.5) is 0 Å². The Morgan fingerprint density at radius 3 is 2.88 bits per heavy atom. The SMILES string of the molecule is Cc1cc(-c2cccs2)nc(CC(C)CN)n1. The molecule has 1 unspecified atom stereocenters. The maximum Gasteiger partial charge on any atom is 0.129 e. The molecule has 0 saturated heterocycles. The largest absolute Gasteiger partial charge is 0.330 e. The summed E-state index contributed by atoms with van der Waals surface area (Å²) in [7, 11) is 0. The van der Waals surface area contributed by atoms with Crippen LogP contribution < -0.4 is 5.73 Å². The highest BCUT2D eigenvalue weighted by molar-refractivity contribution is 7.13. The fraction of sp³-hybridized carbons (Fsp3) is 0.385. The van der Waals surface area contributed by atoms with Crippen LogP contribution in [0.2, 0.25) is 0 Å². The molecular weight excluding hydrogens is 230 g/mol. The third-order valence-corrected chi connectivity index (χ3v) is 3.50. The van der Waals surface area contributed by atoms with Crippen molar-refractivity contribution in [2.24, 2.45) is 11.7 Å². The van der Waals surface area contributed by atoms with E-state index >= 15 is 0 Å². The topological polar surface area (TPSA) is 51.8 Å². The van der Waals surface area contributed by atoms with E-state index in [1.165, 1.54) is 4.88 Å². The highest BCUT2D eigenvalue weighted by Gasteiger charge is 2.08. The summed E-state index contributed by atoms with van der Waals surface area (Å²) in [4.78, 5) is 10.3. The van der Waals surface area contributed by atoms with Gasteiger partial charge >= 0.3 is 0 Å². The van der Waals surface area contributed by atoms with E-state index in [2.05, 4.69) is 28.3 Å². The lowest BCUT2D eigenvalue weighted by Gasteiger charge is -2.08. The van der Waals surface area contributed by atoms with Crippen LogP contribution in [-0.2, 0) is 6.42 Å². The third-order valence-electron chi connectivity index (χ3n) is 2.61. The van der Waals surface area contributed by atoms with Gasteiger partial charge in [-0.1, -0.05) is 13.0 Å². The van der Waals surface area contributed by atoms with Crippen molar-refractivity contribution in [3.63, 3.8) is 0 Å². The third kappa shape index (κ3) is 3.11. The number of aryl methyl sites for hydroxylation is 1. The van der Waals surface area contributed by atoms with E-state index in [-0.39, 0.29) is 0 Å². The summed E-state index contributed by atoms with van der Waals surface area (Å²) in [5, 5.41) is 2.06. The van der Waals surface area contributed by atoms with Crippen molar-refractivity contribution in [2.75, 3.05) is 6.54 Å². The van der Waals surface area contributed by atoms with Gasteiger partial charge in [-0.25, -0.2) is 9.97 Å². The molecule has 1 atom stereocenters. The van der Waals surface area contributed by atoms with E-state index in [9.17, 15) is 0 Å². The fourth-order valence-corrected chi connectivity index (χ4v) is 2.35. The second-order valence-corrected chi connectivity index (χ2v) is 5.28. The van der Waals surface area contributed by atoms with Crippen LogP contribution in [0.3, 0.4) is 0 Å². The van der Waals surface area contributed by atoms with Gasteiger partial charge in [0.2, 0.25) is 0 Å². The first-order valence-electron chi connectivity index (χ1n) is 5.77. The first-order valence-corrected chi connectivity index (χ1v) is 6.65. The average molecular weight is 247 g/mol. The quantitative estimate of drug-likeness (QED) is 0.903. The predicted molar refractivity (Wildman–Crippen MR) is 72.0 cm³/mol. The number of thiophene rings is 1. The Labute approximate surface area is 106 Å². The lowest BCUT2D eigenvalue weighted by Crippen LogP contribution is -2.15. The van der Waals surface area contributed by atoms with E-state index in [0.717, 1.165) is 23.6 Å². The fourth-order valence-electron chi connectivity index (χ4n) is 1.67. The minimum absolute atomic E-state index is 0.424. The maximum absolute atomic E-state index is 5.64. The first kappa shape index (κ1) is 12.2. The average Bonchev–Trinajstić information content (AvgIpc) is 2.81. The number of rotatable bonds is 4. The van der Waals surface area contributed by atoms with Gasteiger partial charge in [-0.05, 0) is 36.9 Å². The van der Waals surface area contributed by atoms with Crippen LogP contribution in [-0.4, -0.2) is 16.5 Å². The van der Waals surface area contributed by atoms with E-state index in [1.807, 2.05) is 19.1 Å². The second-order valence-electron chi connectivity index (χ2n) is 4.33. The summed E-state index contributed by atoms with van der Waals surface area (Å²) in [6.07, 6.45) is 0.844. The van der Waals surface area contributed by atoms with Crippen molar-refractivity contribution in [1.82, 2.24) is 9.97 Å². The van der Waals surface area contributed by atoms with E-state index in [0.29, 0.717) is 12.5 Å². The molecule has 0 aliphatic carbocycles. The van der Waals surface area contributed by atoms with Crippen LogP contribution >= 0.6 is 11.3 Å². The lowest BCUT2D eigenvalue weighted by atomic mass is 10.1. The van der Waals surface area contributed by atoms with E-state index < -0.39 is 0 Å². The maximum atomic E-state index is 5.64. The number of nitrogens with zero attached hydrogens (tertiary/aromatic N) is 2. The lowest BCUT2D eigenvalue weighted by molar-refractivity contribution is 0.573. The minimum Gasteiger partial charge on any atom is -0.330 e. The monoisotopic (exact) mass is 247 g/mol. The van der Waals surface area contributed by atoms with Crippen LogP contribution in [0.5, 0.6) is 0 Å². The van der Waals surface area contributed by atoms with Crippen molar-refractivity contribution in [3.8, 4) is 10.6 Å². The zero-order valence-corrected chi connectivity index (χ0v) is 11.0. The molecule has 0 radical (unpaired) electrons. The summed E-state index contributed by atoms with van der Waals surface area (Å²) in [6.45, 7) is 4.80. The van der Waals surface area contributed by atoms with E-state index in [4.69, 9.17) is 5.73 Å². The zero-order valence-electron chi connectivity index (χ0n) is 10.2. The van der Waals surface area contributed by atoms with Gasteiger partial charge in [-0.15, -0.1) is 11.3 Å². The van der Waals surface area contributed by atoms with Crippen molar-refractivity contribution >= 4 is 11.3 Å². The molecule has 2 rings (SSSR count). The van der Waals surface area contributed by atoms with E-state index in [1.54, 1.807) is 11.3 Å². The molecule has 0 spiro atoms. The van der Waals surface area contributed by atoms with Crippen LogP contribution in [0, 0.1) is 12.8 Å². The normalized spacial score (nSPS) is 12.6. The van der Waals surface area contributed by atoms with Crippen molar-refractivity contribution in [3.05, 3.63) is 35.1 Å². The van der Waals surface area contributed by atoms with Gasteiger partial charge in [0.25, 0.3) is 0 Å². The minimum atomic E-state index is 0.424. The number of hydrogen-bond acceptors (Lipinski definition) is 4. The standard InChI is InChI=1S/C13H17N3S/c1-9(8-14)6-13-15-10(2)7-11(16-13)12-4-3-5-17-12/h3-5,7,9H,6,8,14H2,1-2H3. The molecule has 2 heterocycles. The van der Waals surface area contributed by atoms with Gasteiger partial charge in [0, 0.05) is 12.1 Å². The van der Waals surface area contributed by atoms with Crippen molar-refractivity contribution in [2.45, 2.75) is 20.3 Å². The van der Waals surface area contributed by atoms with Gasteiger partial charge in [0.1, 0.15) is 5.82 Å². The zero-order chi connectivity index (χ0) is 12.3. The predicted octanol–water partition coefficient (Wildman–Crippen LogP) is 2.65. The summed E-state index contributed by atoms with van der Waals surface area (Å²) in [5.41, 5.74) is 7.67. The molecule has 3 nitrogen and oxygen atoms in total. The van der Waals surface area contributed by atoms with Gasteiger partial charge in [-0.3, -0.25) is 0 Å². The Morgan fingerprint density at radius 1 is 1.41 bits per heavy atom. The molecule has 2 aromatic heterocycles. The molecule has 17 heavy (non-hydrogen) atoms. The summed E-state index contributed by atoms with van der Waals surface area (Å²) in [5.74, 6) is 1.32. The molecule has 90 valence electrons. The van der Waals surface area contributed by atoms with Gasteiger partial charge in [0.05, 0.1) is 10.6 Å². The number of nitrogens with two attached hydrogens (primary N) is 1. The number of hydrogen-bond donors (Lipinski definition) is 1. The molecule has 0 aliphatic rings. The summed E-state index contributed by atoms with van der Waals surface area (Å²) in [6, 6.07) is 6.16. The van der Waals surface area contributed by atoms with Gasteiger partial charge in [0.15, 0.2) is 0 Å². The molecule has 0 amide bonds. The number of aromatic nitrogens is 2. The molecule has 0 aromatic carbocycles. The van der Waals surface area contributed by atoms with Gasteiger partial charge in [-0.2, -0.15) is 0 Å². The van der Waals surface area contributed by atoms with Crippen LogP contribution in [0.1, 0.15) is 18.4 Å². The Morgan fingerprint density at radius 2 is 2.24 bits per heavy atom. The first-order chi connectivity index (χ1) is 8.19. The molecule has 0 aliphatic heterocycles. The highest BCUT2D eigenvalue weighted by atomic mass is 32.1.